The first-order chi connectivity index (χ1) is 16.0. The van der Waals surface area contributed by atoms with Crippen LogP contribution in [-0.4, -0.2) is 63.5 Å². The number of hydrogen-bond donors (Lipinski definition) is 2. The summed E-state index contributed by atoms with van der Waals surface area (Å²) < 4.78 is 6.38. The van der Waals surface area contributed by atoms with Crippen molar-refractivity contribution in [3.63, 3.8) is 0 Å². The third-order valence-electron chi connectivity index (χ3n) is 6.35. The van der Waals surface area contributed by atoms with Gasteiger partial charge in [-0.05, 0) is 61.6 Å². The summed E-state index contributed by atoms with van der Waals surface area (Å²) in [4.78, 5) is 22.9. The van der Waals surface area contributed by atoms with Gasteiger partial charge in [0.15, 0.2) is 0 Å². The Hall–Kier alpha value is -2.20. The monoisotopic (exact) mass is 487 g/mol. The first-order valence-electron chi connectivity index (χ1n) is 11.1. The molecule has 0 saturated carbocycles. The summed E-state index contributed by atoms with van der Waals surface area (Å²) in [5, 5.41) is 23.7. The van der Waals surface area contributed by atoms with E-state index in [1.807, 2.05) is 29.6 Å². The SMILES string of the molecule is COc1ccc2nccc([C@H](O)CC[C@@H]3CCN(CCSc4nccs4)C[C@@H]3C(=O)O)c2c1. The van der Waals surface area contributed by atoms with Gasteiger partial charge < -0.3 is 19.8 Å². The quantitative estimate of drug-likeness (QED) is 0.408. The number of carbonyl (C=O) groups is 1. The van der Waals surface area contributed by atoms with Gasteiger partial charge in [-0.1, -0.05) is 11.8 Å². The highest BCUT2D eigenvalue weighted by Crippen LogP contribution is 2.34. The lowest BCUT2D eigenvalue weighted by Gasteiger charge is -2.36. The maximum atomic E-state index is 12.0. The van der Waals surface area contributed by atoms with Crippen molar-refractivity contribution in [3.05, 3.63) is 47.6 Å². The van der Waals surface area contributed by atoms with Crippen LogP contribution in [0.4, 0.5) is 0 Å². The molecule has 1 fully saturated rings. The van der Waals surface area contributed by atoms with E-state index in [0.717, 1.165) is 51.8 Å². The Morgan fingerprint density at radius 1 is 1.33 bits per heavy atom. The van der Waals surface area contributed by atoms with Gasteiger partial charge in [-0.2, -0.15) is 0 Å². The fraction of sp³-hybridized carbons (Fsp3) is 0.458. The number of thioether (sulfide) groups is 1. The molecule has 3 atom stereocenters. The van der Waals surface area contributed by atoms with Crippen molar-refractivity contribution in [2.75, 3.05) is 32.5 Å². The number of aliphatic hydroxyl groups is 1. The van der Waals surface area contributed by atoms with Gasteiger partial charge in [-0.3, -0.25) is 9.78 Å². The summed E-state index contributed by atoms with van der Waals surface area (Å²) in [5.41, 5.74) is 1.61. The van der Waals surface area contributed by atoms with Crippen LogP contribution < -0.4 is 4.74 Å². The number of carboxylic acids is 1. The minimum Gasteiger partial charge on any atom is -0.497 e. The van der Waals surface area contributed by atoms with Crippen molar-refractivity contribution < 1.29 is 19.7 Å². The van der Waals surface area contributed by atoms with Crippen LogP contribution in [0.3, 0.4) is 0 Å². The minimum atomic E-state index is -0.745. The van der Waals surface area contributed by atoms with Gasteiger partial charge in [0, 0.05) is 42.0 Å². The van der Waals surface area contributed by atoms with Crippen LogP contribution in [0.15, 0.2) is 46.4 Å². The van der Waals surface area contributed by atoms with Crippen molar-refractivity contribution in [1.29, 1.82) is 0 Å². The second kappa shape index (κ2) is 11.3. The lowest BCUT2D eigenvalue weighted by atomic mass is 9.81. The molecule has 3 heterocycles. The molecule has 176 valence electrons. The zero-order valence-corrected chi connectivity index (χ0v) is 20.2. The normalized spacial score (nSPS) is 20.1. The highest BCUT2D eigenvalue weighted by atomic mass is 32.2. The van der Waals surface area contributed by atoms with E-state index in [0.29, 0.717) is 19.4 Å². The van der Waals surface area contributed by atoms with Crippen LogP contribution >= 0.6 is 23.1 Å². The van der Waals surface area contributed by atoms with Crippen LogP contribution in [-0.2, 0) is 4.79 Å². The molecule has 0 spiro atoms. The zero-order chi connectivity index (χ0) is 23.2. The summed E-state index contributed by atoms with van der Waals surface area (Å²) >= 11 is 3.35. The maximum Gasteiger partial charge on any atom is 0.308 e. The first kappa shape index (κ1) is 23.9. The number of piperidine rings is 1. The Balaban J connectivity index is 1.34. The second-order valence-corrected chi connectivity index (χ2v) is 10.6. The molecule has 1 saturated heterocycles. The molecule has 0 bridgehead atoms. The minimum absolute atomic E-state index is 0.0580. The average molecular weight is 488 g/mol. The summed E-state index contributed by atoms with van der Waals surface area (Å²) in [6.45, 7) is 2.30. The molecule has 1 aliphatic rings. The highest BCUT2D eigenvalue weighted by molar-refractivity contribution is 8.01. The van der Waals surface area contributed by atoms with E-state index in [1.165, 1.54) is 0 Å². The van der Waals surface area contributed by atoms with Crippen LogP contribution in [0.1, 0.15) is 30.9 Å². The van der Waals surface area contributed by atoms with Crippen LogP contribution in [0.25, 0.3) is 10.9 Å². The number of carboxylic acid groups (broad SMARTS) is 1. The van der Waals surface area contributed by atoms with Crippen molar-refractivity contribution in [2.45, 2.75) is 29.7 Å². The Morgan fingerprint density at radius 2 is 2.21 bits per heavy atom. The summed E-state index contributed by atoms with van der Waals surface area (Å²) in [5.74, 6) is 0.524. The van der Waals surface area contributed by atoms with Crippen LogP contribution in [0.5, 0.6) is 5.75 Å². The molecule has 2 N–H and O–H groups in total. The number of hydrogen-bond acceptors (Lipinski definition) is 8. The fourth-order valence-electron chi connectivity index (χ4n) is 4.53. The molecule has 0 unspecified atom stereocenters. The number of fused-ring (bicyclic) bond motifs is 1. The first-order valence-corrected chi connectivity index (χ1v) is 13.0. The smallest absolute Gasteiger partial charge is 0.308 e. The van der Waals surface area contributed by atoms with Gasteiger partial charge in [0.25, 0.3) is 0 Å². The number of thiazole rings is 1. The summed E-state index contributed by atoms with van der Waals surface area (Å²) in [6, 6.07) is 7.46. The van der Waals surface area contributed by atoms with Gasteiger partial charge in [-0.15, -0.1) is 11.3 Å². The number of aromatic nitrogens is 2. The van der Waals surface area contributed by atoms with E-state index in [2.05, 4.69) is 14.9 Å². The molecule has 1 aromatic carbocycles. The number of nitrogens with zero attached hydrogens (tertiary/aromatic N) is 3. The summed E-state index contributed by atoms with van der Waals surface area (Å²) in [7, 11) is 1.61. The number of methoxy groups -OCH3 is 1. The predicted octanol–water partition coefficient (Wildman–Crippen LogP) is 4.33. The van der Waals surface area contributed by atoms with Gasteiger partial charge in [-0.25, -0.2) is 4.98 Å². The van der Waals surface area contributed by atoms with E-state index in [1.54, 1.807) is 42.6 Å². The standard InChI is InChI=1S/C24H29N3O4S2/c1-31-17-3-4-21-19(14-17)18(6-8-25-21)22(28)5-2-16-7-10-27(15-20(16)23(29)30)11-13-33-24-26-9-12-32-24/h3-4,6,8-9,12,14,16,20,22,28H,2,5,7,10-11,13,15H2,1H3,(H,29,30)/t16-,20+,22-/m1/s1. The number of benzene rings is 1. The predicted molar refractivity (Wildman–Crippen MR) is 131 cm³/mol. The van der Waals surface area contributed by atoms with Crippen LogP contribution in [0.2, 0.25) is 0 Å². The number of ether oxygens (including phenoxy) is 1. The fourth-order valence-corrected chi connectivity index (χ4v) is 6.24. The molecular formula is C24H29N3O4S2. The van der Waals surface area contributed by atoms with E-state index in [-0.39, 0.29) is 5.92 Å². The Labute approximate surface area is 201 Å². The number of rotatable bonds is 10. The van der Waals surface area contributed by atoms with E-state index in [9.17, 15) is 15.0 Å². The van der Waals surface area contributed by atoms with E-state index in [4.69, 9.17) is 4.74 Å². The highest BCUT2D eigenvalue weighted by Gasteiger charge is 2.34. The molecule has 2 aromatic heterocycles. The topological polar surface area (TPSA) is 95.8 Å². The van der Waals surface area contributed by atoms with Gasteiger partial charge in [0.1, 0.15) is 10.1 Å². The Morgan fingerprint density at radius 3 is 2.97 bits per heavy atom. The number of aliphatic hydroxyl groups excluding tert-OH is 1. The van der Waals surface area contributed by atoms with Gasteiger partial charge in [0.2, 0.25) is 0 Å². The molecule has 1 aliphatic heterocycles. The number of likely N-dealkylation sites (tertiary alicyclic amines) is 1. The molecule has 9 heteroatoms. The largest absolute Gasteiger partial charge is 0.497 e. The molecule has 4 rings (SSSR count). The van der Waals surface area contributed by atoms with Crippen LogP contribution in [0, 0.1) is 11.8 Å². The average Bonchev–Trinajstić information content (AvgIpc) is 3.35. The second-order valence-electron chi connectivity index (χ2n) is 8.32. The zero-order valence-electron chi connectivity index (χ0n) is 18.6. The van der Waals surface area contributed by atoms with Crippen molar-refractivity contribution in [3.8, 4) is 5.75 Å². The maximum absolute atomic E-state index is 12.0. The Bertz CT molecular complexity index is 1060. The van der Waals surface area contributed by atoms with Gasteiger partial charge >= 0.3 is 5.97 Å². The number of pyridine rings is 1. The molecule has 3 aromatic rings. The molecule has 33 heavy (non-hydrogen) atoms. The van der Waals surface area contributed by atoms with Gasteiger partial charge in [0.05, 0.1) is 24.6 Å². The van der Waals surface area contributed by atoms with Crippen molar-refractivity contribution in [2.24, 2.45) is 11.8 Å². The van der Waals surface area contributed by atoms with Crippen molar-refractivity contribution in [1.82, 2.24) is 14.9 Å². The third kappa shape index (κ3) is 6.03. The molecule has 0 radical (unpaired) electrons. The molecule has 0 aliphatic carbocycles. The summed E-state index contributed by atoms with van der Waals surface area (Å²) in [6.07, 6.45) is 4.85. The molecule has 7 nitrogen and oxygen atoms in total. The lowest BCUT2D eigenvalue weighted by molar-refractivity contribution is -0.146. The lowest BCUT2D eigenvalue weighted by Crippen LogP contribution is -2.44. The van der Waals surface area contributed by atoms with E-state index < -0.39 is 18.0 Å². The number of aliphatic carboxylic acids is 1. The molecular weight excluding hydrogens is 458 g/mol. The van der Waals surface area contributed by atoms with Crippen molar-refractivity contribution >= 4 is 40.0 Å². The Kier molecular flexibility index (Phi) is 8.19. The van der Waals surface area contributed by atoms with E-state index >= 15 is 0 Å². The molecule has 0 amide bonds. The third-order valence-corrected chi connectivity index (χ3v) is 8.30.